The Labute approximate surface area is 111 Å². The molecule has 0 atom stereocenters. The Kier molecular flexibility index (Phi) is 2.10. The van der Waals surface area contributed by atoms with Gasteiger partial charge in [-0.2, -0.15) is 0 Å². The van der Waals surface area contributed by atoms with Crippen LogP contribution in [0.5, 0.6) is 0 Å². The Balaban J connectivity index is 2.32. The number of nitrogens with zero attached hydrogens (tertiary/aromatic N) is 1. The Morgan fingerprint density at radius 1 is 0.737 bits per heavy atom. The molecule has 1 aromatic heterocycles. The zero-order valence-electron chi connectivity index (χ0n) is 10.7. The minimum absolute atomic E-state index is 1.07. The molecular formula is C18H13N. The van der Waals surface area contributed by atoms with Crippen molar-refractivity contribution in [3.8, 4) is 0 Å². The van der Waals surface area contributed by atoms with Gasteiger partial charge in [0.15, 0.2) is 0 Å². The fourth-order valence-corrected chi connectivity index (χ4v) is 2.90. The lowest BCUT2D eigenvalue weighted by Crippen LogP contribution is -1.86. The summed E-state index contributed by atoms with van der Waals surface area (Å²) in [7, 11) is 0. The summed E-state index contributed by atoms with van der Waals surface area (Å²) in [5.74, 6) is 0. The van der Waals surface area contributed by atoms with Crippen molar-refractivity contribution >= 4 is 32.4 Å². The van der Waals surface area contributed by atoms with E-state index in [-0.39, 0.29) is 0 Å². The second-order valence-electron chi connectivity index (χ2n) is 4.98. The van der Waals surface area contributed by atoms with Crippen LogP contribution < -0.4 is 0 Å². The van der Waals surface area contributed by atoms with Gasteiger partial charge in [0.1, 0.15) is 0 Å². The van der Waals surface area contributed by atoms with Crippen LogP contribution in [-0.4, -0.2) is 4.98 Å². The summed E-state index contributed by atoms with van der Waals surface area (Å²) in [5.41, 5.74) is 2.36. The predicted molar refractivity (Wildman–Crippen MR) is 81.5 cm³/mol. The molecule has 1 nitrogen and oxygen atoms in total. The number of fused-ring (bicyclic) bond motifs is 5. The molecule has 0 spiro atoms. The highest BCUT2D eigenvalue weighted by Crippen LogP contribution is 2.31. The molecule has 3 aromatic carbocycles. The number of benzene rings is 3. The minimum Gasteiger partial charge on any atom is -0.256 e. The third-order valence-electron chi connectivity index (χ3n) is 3.82. The van der Waals surface area contributed by atoms with E-state index in [2.05, 4.69) is 66.5 Å². The number of hydrogen-bond donors (Lipinski definition) is 0. The van der Waals surface area contributed by atoms with Gasteiger partial charge in [0.25, 0.3) is 0 Å². The highest BCUT2D eigenvalue weighted by molar-refractivity contribution is 6.16. The first-order valence-corrected chi connectivity index (χ1v) is 6.50. The van der Waals surface area contributed by atoms with Crippen LogP contribution in [0.4, 0.5) is 0 Å². The van der Waals surface area contributed by atoms with Crippen molar-refractivity contribution in [3.63, 3.8) is 0 Å². The number of hydrogen-bond acceptors (Lipinski definition) is 1. The van der Waals surface area contributed by atoms with E-state index >= 15 is 0 Å². The monoisotopic (exact) mass is 243 g/mol. The lowest BCUT2D eigenvalue weighted by atomic mass is 9.98. The van der Waals surface area contributed by atoms with E-state index in [4.69, 9.17) is 0 Å². The summed E-state index contributed by atoms with van der Waals surface area (Å²) in [5, 5.41) is 6.34. The van der Waals surface area contributed by atoms with E-state index in [0.717, 1.165) is 5.52 Å². The Bertz CT molecular complexity index is 922. The zero-order chi connectivity index (χ0) is 12.8. The van der Waals surface area contributed by atoms with Crippen LogP contribution in [0.1, 0.15) is 5.56 Å². The quantitative estimate of drug-likeness (QED) is 0.402. The van der Waals surface area contributed by atoms with E-state index in [1.165, 1.54) is 32.5 Å². The van der Waals surface area contributed by atoms with Gasteiger partial charge in [-0.3, -0.25) is 4.98 Å². The molecule has 0 fully saturated rings. The molecule has 0 radical (unpaired) electrons. The van der Waals surface area contributed by atoms with Crippen LogP contribution in [0.15, 0.2) is 60.8 Å². The van der Waals surface area contributed by atoms with Crippen LogP contribution >= 0.6 is 0 Å². The van der Waals surface area contributed by atoms with Crippen molar-refractivity contribution in [2.75, 3.05) is 0 Å². The Morgan fingerprint density at radius 2 is 1.63 bits per heavy atom. The number of pyridine rings is 1. The van der Waals surface area contributed by atoms with Gasteiger partial charge in [-0.15, -0.1) is 0 Å². The first-order valence-electron chi connectivity index (χ1n) is 6.50. The fourth-order valence-electron chi connectivity index (χ4n) is 2.90. The molecule has 0 saturated heterocycles. The average molecular weight is 243 g/mol. The Morgan fingerprint density at radius 3 is 2.58 bits per heavy atom. The largest absolute Gasteiger partial charge is 0.256 e. The highest BCUT2D eigenvalue weighted by atomic mass is 14.6. The summed E-state index contributed by atoms with van der Waals surface area (Å²) in [6, 6.07) is 19.2. The van der Waals surface area contributed by atoms with Crippen LogP contribution in [0.3, 0.4) is 0 Å². The maximum absolute atomic E-state index is 4.62. The second kappa shape index (κ2) is 3.79. The summed E-state index contributed by atoms with van der Waals surface area (Å²) >= 11 is 0. The Hall–Kier alpha value is -2.41. The molecule has 0 aliphatic rings. The van der Waals surface area contributed by atoms with Crippen molar-refractivity contribution in [1.82, 2.24) is 4.98 Å². The fraction of sp³-hybridized carbons (Fsp3) is 0.0556. The molecule has 4 rings (SSSR count). The standard InChI is InChI=1S/C18H13N/c1-12-5-4-8-17-18(12)15-10-9-13-6-2-3-7-14(13)16(15)11-19-17/h2-11H,1H3. The first-order chi connectivity index (χ1) is 9.34. The molecule has 0 aliphatic heterocycles. The van der Waals surface area contributed by atoms with Gasteiger partial charge < -0.3 is 0 Å². The summed E-state index contributed by atoms with van der Waals surface area (Å²) in [6.07, 6.45) is 2.00. The van der Waals surface area contributed by atoms with Crippen LogP contribution in [0.2, 0.25) is 0 Å². The summed E-state index contributed by atoms with van der Waals surface area (Å²) in [6.45, 7) is 2.15. The average Bonchev–Trinajstić information content (AvgIpc) is 2.46. The number of aromatic nitrogens is 1. The second-order valence-corrected chi connectivity index (χ2v) is 4.98. The molecule has 90 valence electrons. The van der Waals surface area contributed by atoms with Gasteiger partial charge in [0.2, 0.25) is 0 Å². The first kappa shape index (κ1) is 10.5. The molecule has 4 aromatic rings. The van der Waals surface area contributed by atoms with Gasteiger partial charge in [-0.05, 0) is 34.7 Å². The predicted octanol–water partition coefficient (Wildman–Crippen LogP) is 4.85. The van der Waals surface area contributed by atoms with E-state index < -0.39 is 0 Å². The zero-order valence-corrected chi connectivity index (χ0v) is 10.7. The third-order valence-corrected chi connectivity index (χ3v) is 3.82. The third kappa shape index (κ3) is 1.45. The normalized spacial score (nSPS) is 11.4. The van der Waals surface area contributed by atoms with Gasteiger partial charge in [0, 0.05) is 17.0 Å². The topological polar surface area (TPSA) is 12.9 Å². The lowest BCUT2D eigenvalue weighted by Gasteiger charge is -2.08. The maximum atomic E-state index is 4.62. The van der Waals surface area contributed by atoms with Crippen molar-refractivity contribution in [3.05, 3.63) is 66.4 Å². The molecule has 0 amide bonds. The van der Waals surface area contributed by atoms with Crippen LogP contribution in [0, 0.1) is 6.92 Å². The van der Waals surface area contributed by atoms with Crippen molar-refractivity contribution < 1.29 is 0 Å². The molecule has 0 N–H and O–H groups in total. The smallest absolute Gasteiger partial charge is 0.0711 e. The number of rotatable bonds is 0. The molecule has 0 bridgehead atoms. The van der Waals surface area contributed by atoms with E-state index in [1.54, 1.807) is 0 Å². The van der Waals surface area contributed by atoms with Gasteiger partial charge in [-0.25, -0.2) is 0 Å². The molecule has 0 aliphatic carbocycles. The minimum atomic E-state index is 1.07. The molecule has 1 heteroatoms. The number of aryl methyl sites for hydroxylation is 1. The molecule has 0 saturated carbocycles. The lowest BCUT2D eigenvalue weighted by molar-refractivity contribution is 1.43. The van der Waals surface area contributed by atoms with Crippen molar-refractivity contribution in [2.45, 2.75) is 6.92 Å². The van der Waals surface area contributed by atoms with E-state index in [1.807, 2.05) is 6.20 Å². The molecule has 1 heterocycles. The molecular weight excluding hydrogens is 230 g/mol. The van der Waals surface area contributed by atoms with Crippen LogP contribution in [-0.2, 0) is 0 Å². The summed E-state index contributed by atoms with van der Waals surface area (Å²) in [4.78, 5) is 4.62. The highest BCUT2D eigenvalue weighted by Gasteiger charge is 2.06. The van der Waals surface area contributed by atoms with Crippen molar-refractivity contribution in [1.29, 1.82) is 0 Å². The molecule has 0 unspecified atom stereocenters. The van der Waals surface area contributed by atoms with Gasteiger partial charge >= 0.3 is 0 Å². The van der Waals surface area contributed by atoms with E-state index in [0.29, 0.717) is 0 Å². The maximum Gasteiger partial charge on any atom is 0.0711 e. The van der Waals surface area contributed by atoms with Crippen molar-refractivity contribution in [2.24, 2.45) is 0 Å². The molecule has 19 heavy (non-hydrogen) atoms. The van der Waals surface area contributed by atoms with Gasteiger partial charge in [-0.1, -0.05) is 48.5 Å². The van der Waals surface area contributed by atoms with E-state index in [9.17, 15) is 0 Å². The summed E-state index contributed by atoms with van der Waals surface area (Å²) < 4.78 is 0. The SMILES string of the molecule is Cc1cccc2ncc3c4ccccc4ccc3c12. The van der Waals surface area contributed by atoms with Crippen LogP contribution in [0.25, 0.3) is 32.4 Å². The van der Waals surface area contributed by atoms with Gasteiger partial charge in [0.05, 0.1) is 5.52 Å².